The summed E-state index contributed by atoms with van der Waals surface area (Å²) < 4.78 is 13.3. The molecule has 36 heavy (non-hydrogen) atoms. The predicted octanol–water partition coefficient (Wildman–Crippen LogP) is 5.30. The van der Waals surface area contributed by atoms with Crippen LogP contribution in [-0.4, -0.2) is 22.4 Å². The number of hydrogen-bond donors (Lipinski definition) is 1. The van der Waals surface area contributed by atoms with Crippen LogP contribution in [0.2, 0.25) is 0 Å². The van der Waals surface area contributed by atoms with Crippen molar-refractivity contribution in [3.63, 3.8) is 0 Å². The molecule has 0 aliphatic carbocycles. The fourth-order valence-corrected chi connectivity index (χ4v) is 4.25. The third-order valence-corrected chi connectivity index (χ3v) is 5.98. The molecule has 0 spiro atoms. The third-order valence-electron chi connectivity index (χ3n) is 5.98. The van der Waals surface area contributed by atoms with Gasteiger partial charge in [0.25, 0.3) is 0 Å². The SMILES string of the molecule is CCOC(=O)Cc1cccc(C#N)c1OCc1nn(C(C)C)c2ccc(-c3cccc(CN)c3)cc12. The molecule has 0 bridgehead atoms. The van der Waals surface area contributed by atoms with Crippen molar-refractivity contribution in [2.24, 2.45) is 5.73 Å². The maximum Gasteiger partial charge on any atom is 0.310 e. The van der Waals surface area contributed by atoms with E-state index in [0.29, 0.717) is 30.0 Å². The lowest BCUT2D eigenvalue weighted by atomic mass is 10.0. The van der Waals surface area contributed by atoms with Crippen molar-refractivity contribution < 1.29 is 14.3 Å². The van der Waals surface area contributed by atoms with Crippen LogP contribution in [0.25, 0.3) is 22.0 Å². The van der Waals surface area contributed by atoms with Crippen molar-refractivity contribution in [1.29, 1.82) is 5.26 Å². The Morgan fingerprint density at radius 2 is 1.89 bits per heavy atom. The fraction of sp³-hybridized carbons (Fsp3) is 0.276. The zero-order valence-electron chi connectivity index (χ0n) is 20.8. The smallest absolute Gasteiger partial charge is 0.310 e. The van der Waals surface area contributed by atoms with E-state index in [2.05, 4.69) is 50.2 Å². The van der Waals surface area contributed by atoms with Crippen LogP contribution in [0.3, 0.4) is 0 Å². The zero-order valence-corrected chi connectivity index (χ0v) is 20.8. The summed E-state index contributed by atoms with van der Waals surface area (Å²) in [4.78, 5) is 12.1. The number of fused-ring (bicyclic) bond motifs is 1. The number of carbonyl (C=O) groups is 1. The average Bonchev–Trinajstić information content (AvgIpc) is 3.26. The second kappa shape index (κ2) is 11.1. The molecule has 0 unspecified atom stereocenters. The number of esters is 1. The number of carbonyl (C=O) groups excluding carboxylic acids is 1. The van der Waals surface area contributed by atoms with Crippen molar-refractivity contribution in [3.05, 3.63) is 83.0 Å². The highest BCUT2D eigenvalue weighted by Gasteiger charge is 2.18. The first-order valence-corrected chi connectivity index (χ1v) is 12.1. The number of para-hydroxylation sites is 1. The van der Waals surface area contributed by atoms with Crippen molar-refractivity contribution in [2.75, 3.05) is 6.61 Å². The molecule has 0 aliphatic heterocycles. The zero-order chi connectivity index (χ0) is 25.7. The number of nitriles is 1. The van der Waals surface area contributed by atoms with Crippen LogP contribution in [0.1, 0.15) is 49.2 Å². The van der Waals surface area contributed by atoms with Gasteiger partial charge >= 0.3 is 5.97 Å². The second-order valence-electron chi connectivity index (χ2n) is 8.80. The maximum atomic E-state index is 12.1. The molecule has 0 atom stereocenters. The fourth-order valence-electron chi connectivity index (χ4n) is 4.25. The standard InChI is InChI=1S/C29H30N4O3/c1-4-35-28(34)15-23-9-6-10-24(17-31)29(23)36-18-26-25-14-22(21-8-5-7-20(13-21)16-30)11-12-27(25)33(32-26)19(2)3/h5-14,19H,4,15-16,18,30H2,1-3H3. The Morgan fingerprint density at radius 1 is 1.11 bits per heavy atom. The van der Waals surface area contributed by atoms with Gasteiger partial charge in [0, 0.05) is 23.5 Å². The maximum absolute atomic E-state index is 12.1. The minimum absolute atomic E-state index is 0.0293. The molecule has 4 rings (SSSR count). The first kappa shape index (κ1) is 25.0. The summed E-state index contributed by atoms with van der Waals surface area (Å²) in [6.45, 7) is 6.85. The van der Waals surface area contributed by atoms with Gasteiger partial charge in [-0.05, 0) is 61.7 Å². The first-order chi connectivity index (χ1) is 17.4. The number of hydrogen-bond acceptors (Lipinski definition) is 6. The summed E-state index contributed by atoms with van der Waals surface area (Å²) in [6, 6.07) is 22.0. The topological polar surface area (TPSA) is 103 Å². The highest BCUT2D eigenvalue weighted by atomic mass is 16.5. The van der Waals surface area contributed by atoms with Gasteiger partial charge in [-0.15, -0.1) is 0 Å². The van der Waals surface area contributed by atoms with Crippen LogP contribution in [0.15, 0.2) is 60.7 Å². The van der Waals surface area contributed by atoms with E-state index >= 15 is 0 Å². The van der Waals surface area contributed by atoms with E-state index in [1.807, 2.05) is 16.8 Å². The van der Waals surface area contributed by atoms with Crippen LogP contribution >= 0.6 is 0 Å². The number of aromatic nitrogens is 2. The van der Waals surface area contributed by atoms with E-state index < -0.39 is 0 Å². The largest absolute Gasteiger partial charge is 0.486 e. The molecular weight excluding hydrogens is 452 g/mol. The van der Waals surface area contributed by atoms with Gasteiger partial charge in [-0.1, -0.05) is 36.4 Å². The molecule has 4 aromatic rings. The summed E-state index contributed by atoms with van der Waals surface area (Å²) in [6.07, 6.45) is 0.0293. The molecule has 7 nitrogen and oxygen atoms in total. The summed E-state index contributed by atoms with van der Waals surface area (Å²) in [5, 5.41) is 15.5. The number of rotatable bonds is 9. The summed E-state index contributed by atoms with van der Waals surface area (Å²) in [7, 11) is 0. The van der Waals surface area contributed by atoms with E-state index in [-0.39, 0.29) is 25.0 Å². The third kappa shape index (κ3) is 5.24. The van der Waals surface area contributed by atoms with E-state index in [0.717, 1.165) is 33.3 Å². The number of nitrogens with two attached hydrogens (primary N) is 1. The van der Waals surface area contributed by atoms with Crippen LogP contribution < -0.4 is 10.5 Å². The molecule has 0 amide bonds. The van der Waals surface area contributed by atoms with Gasteiger partial charge in [0.1, 0.15) is 24.1 Å². The quantitative estimate of drug-likeness (QED) is 0.325. The van der Waals surface area contributed by atoms with E-state index in [9.17, 15) is 10.1 Å². The monoisotopic (exact) mass is 482 g/mol. The van der Waals surface area contributed by atoms with E-state index in [4.69, 9.17) is 20.3 Å². The Kier molecular flexibility index (Phi) is 7.67. The van der Waals surface area contributed by atoms with Crippen LogP contribution in [0.5, 0.6) is 5.75 Å². The lowest BCUT2D eigenvalue weighted by molar-refractivity contribution is -0.142. The number of benzene rings is 3. The Hall–Kier alpha value is -4.15. The summed E-state index contributed by atoms with van der Waals surface area (Å²) in [5.74, 6) is 0.0171. The van der Waals surface area contributed by atoms with Gasteiger partial charge in [0.15, 0.2) is 0 Å². The van der Waals surface area contributed by atoms with E-state index in [1.165, 1.54) is 0 Å². The lowest BCUT2D eigenvalue weighted by Crippen LogP contribution is -2.10. The van der Waals surface area contributed by atoms with Crippen molar-refractivity contribution in [2.45, 2.75) is 46.4 Å². The van der Waals surface area contributed by atoms with Crippen LogP contribution in [0, 0.1) is 11.3 Å². The molecule has 1 heterocycles. The Bertz CT molecular complexity index is 1430. The normalized spacial score (nSPS) is 11.0. The summed E-state index contributed by atoms with van der Waals surface area (Å²) in [5.41, 5.74) is 11.8. The number of nitrogens with zero attached hydrogens (tertiary/aromatic N) is 3. The predicted molar refractivity (Wildman–Crippen MR) is 139 cm³/mol. The van der Waals surface area contributed by atoms with Gasteiger partial charge < -0.3 is 15.2 Å². The highest BCUT2D eigenvalue weighted by Crippen LogP contribution is 2.31. The molecule has 0 aliphatic rings. The molecule has 0 saturated carbocycles. The molecule has 0 radical (unpaired) electrons. The minimum Gasteiger partial charge on any atom is -0.486 e. The van der Waals surface area contributed by atoms with Gasteiger partial charge in [0.2, 0.25) is 0 Å². The molecule has 0 fully saturated rings. The van der Waals surface area contributed by atoms with Gasteiger partial charge in [-0.25, -0.2) is 0 Å². The molecule has 184 valence electrons. The Labute approximate surface area is 211 Å². The molecule has 2 N–H and O–H groups in total. The van der Waals surface area contributed by atoms with Gasteiger partial charge in [0.05, 0.1) is 24.1 Å². The van der Waals surface area contributed by atoms with E-state index in [1.54, 1.807) is 25.1 Å². The highest BCUT2D eigenvalue weighted by molar-refractivity contribution is 5.87. The average molecular weight is 483 g/mol. The van der Waals surface area contributed by atoms with Gasteiger partial charge in [-0.3, -0.25) is 9.48 Å². The molecule has 3 aromatic carbocycles. The van der Waals surface area contributed by atoms with Crippen molar-refractivity contribution >= 4 is 16.9 Å². The Balaban J connectivity index is 1.72. The molecule has 7 heteroatoms. The first-order valence-electron chi connectivity index (χ1n) is 12.1. The molecule has 1 aromatic heterocycles. The molecular formula is C29H30N4O3. The van der Waals surface area contributed by atoms with Crippen LogP contribution in [-0.2, 0) is 29.1 Å². The van der Waals surface area contributed by atoms with Gasteiger partial charge in [-0.2, -0.15) is 10.4 Å². The van der Waals surface area contributed by atoms with Crippen molar-refractivity contribution in [1.82, 2.24) is 9.78 Å². The minimum atomic E-state index is -0.365. The number of ether oxygens (including phenoxy) is 2. The van der Waals surface area contributed by atoms with Crippen molar-refractivity contribution in [3.8, 4) is 22.9 Å². The summed E-state index contributed by atoms with van der Waals surface area (Å²) >= 11 is 0. The lowest BCUT2D eigenvalue weighted by Gasteiger charge is -2.12. The second-order valence-corrected chi connectivity index (χ2v) is 8.80. The Morgan fingerprint density at radius 3 is 2.61 bits per heavy atom. The molecule has 0 saturated heterocycles. The van der Waals surface area contributed by atoms with Crippen LogP contribution in [0.4, 0.5) is 0 Å².